The molecule has 2 aromatic rings. The predicted octanol–water partition coefficient (Wildman–Crippen LogP) is 3.13. The number of nitrogens with one attached hydrogen (secondary N) is 1. The minimum Gasteiger partial charge on any atom is -0.350 e. The van der Waals surface area contributed by atoms with Gasteiger partial charge in [0.25, 0.3) is 11.8 Å². The molecule has 0 aromatic heterocycles. The summed E-state index contributed by atoms with van der Waals surface area (Å²) in [5.74, 6) is -0.596. The van der Waals surface area contributed by atoms with Crippen molar-refractivity contribution in [2.75, 3.05) is 12.4 Å². The zero-order chi connectivity index (χ0) is 16.6. The molecule has 4 heteroatoms. The van der Waals surface area contributed by atoms with Gasteiger partial charge in [0.2, 0.25) is 0 Å². The molecule has 0 fully saturated rings. The molecule has 2 aromatic carbocycles. The average Bonchev–Trinajstić information content (AvgIpc) is 2.73. The number of rotatable bonds is 3. The van der Waals surface area contributed by atoms with Gasteiger partial charge in [-0.15, -0.1) is 0 Å². The Kier molecular flexibility index (Phi) is 3.74. The molecule has 0 saturated heterocycles. The van der Waals surface area contributed by atoms with E-state index in [1.165, 1.54) is 7.05 Å². The minimum absolute atomic E-state index is 0.283. The minimum atomic E-state index is -0.313. The van der Waals surface area contributed by atoms with E-state index in [2.05, 4.69) is 5.32 Å². The normalized spacial score (nSPS) is 14.7. The summed E-state index contributed by atoms with van der Waals surface area (Å²) < 4.78 is 0. The fourth-order valence-electron chi connectivity index (χ4n) is 2.61. The van der Waals surface area contributed by atoms with Gasteiger partial charge in [0, 0.05) is 12.7 Å². The number of anilines is 1. The number of hydrogen-bond donors (Lipinski definition) is 1. The number of imide groups is 1. The van der Waals surface area contributed by atoms with Gasteiger partial charge >= 0.3 is 0 Å². The van der Waals surface area contributed by atoms with Crippen LogP contribution in [-0.2, 0) is 9.59 Å². The molecule has 1 aliphatic heterocycles. The average molecular weight is 306 g/mol. The molecular weight excluding hydrogens is 288 g/mol. The number of carbonyl (C=O) groups is 2. The van der Waals surface area contributed by atoms with Crippen LogP contribution in [0.15, 0.2) is 54.2 Å². The lowest BCUT2D eigenvalue weighted by atomic mass is 10.0. The molecule has 23 heavy (non-hydrogen) atoms. The van der Waals surface area contributed by atoms with Crippen LogP contribution >= 0.6 is 0 Å². The Morgan fingerprint density at radius 3 is 2.22 bits per heavy atom. The molecule has 0 spiro atoms. The van der Waals surface area contributed by atoms with Crippen LogP contribution in [0.5, 0.6) is 0 Å². The second-order valence-electron chi connectivity index (χ2n) is 5.78. The van der Waals surface area contributed by atoms with E-state index in [4.69, 9.17) is 0 Å². The lowest BCUT2D eigenvalue weighted by Crippen LogP contribution is -2.27. The summed E-state index contributed by atoms with van der Waals surface area (Å²) in [5, 5.41) is 3.12. The van der Waals surface area contributed by atoms with Crippen LogP contribution in [0.4, 0.5) is 5.69 Å². The van der Waals surface area contributed by atoms with E-state index < -0.39 is 0 Å². The number of nitrogens with zero attached hydrogens (tertiary/aromatic N) is 1. The predicted molar refractivity (Wildman–Crippen MR) is 90.7 cm³/mol. The van der Waals surface area contributed by atoms with Crippen LogP contribution in [0.25, 0.3) is 5.57 Å². The molecule has 4 nitrogen and oxygen atoms in total. The lowest BCUT2D eigenvalue weighted by Gasteiger charge is -2.09. The first-order chi connectivity index (χ1) is 11.0. The van der Waals surface area contributed by atoms with Crippen LogP contribution in [-0.4, -0.2) is 23.8 Å². The topological polar surface area (TPSA) is 49.4 Å². The molecule has 116 valence electrons. The van der Waals surface area contributed by atoms with Crippen molar-refractivity contribution < 1.29 is 9.59 Å². The van der Waals surface area contributed by atoms with E-state index >= 15 is 0 Å². The van der Waals surface area contributed by atoms with Crippen molar-refractivity contribution in [2.45, 2.75) is 13.8 Å². The monoisotopic (exact) mass is 306 g/mol. The Morgan fingerprint density at radius 2 is 1.57 bits per heavy atom. The van der Waals surface area contributed by atoms with E-state index in [1.807, 2.05) is 62.4 Å². The first kappa shape index (κ1) is 15.0. The zero-order valence-electron chi connectivity index (χ0n) is 13.4. The van der Waals surface area contributed by atoms with Gasteiger partial charge in [0.05, 0.1) is 5.57 Å². The molecule has 0 unspecified atom stereocenters. The summed E-state index contributed by atoms with van der Waals surface area (Å²) in [4.78, 5) is 26.1. The van der Waals surface area contributed by atoms with Crippen LogP contribution in [0.3, 0.4) is 0 Å². The van der Waals surface area contributed by atoms with E-state index in [0.717, 1.165) is 27.3 Å². The van der Waals surface area contributed by atoms with Gasteiger partial charge in [-0.1, -0.05) is 42.0 Å². The maximum absolute atomic E-state index is 12.5. The fraction of sp³-hybridized carbons (Fsp3) is 0.158. The van der Waals surface area contributed by atoms with E-state index in [0.29, 0.717) is 11.3 Å². The molecule has 2 amide bonds. The number of benzene rings is 2. The standard InChI is InChI=1S/C19H18N2O2/c1-12-7-9-14(10-8-12)16-17(19(23)21(3)18(16)22)20-15-6-4-5-13(2)11-15/h4-11,20H,1-3H3. The van der Waals surface area contributed by atoms with E-state index in [1.54, 1.807) is 0 Å². The van der Waals surface area contributed by atoms with Gasteiger partial charge in [-0.05, 0) is 37.1 Å². The highest BCUT2D eigenvalue weighted by Gasteiger charge is 2.36. The molecule has 0 bridgehead atoms. The molecule has 1 heterocycles. The van der Waals surface area contributed by atoms with Gasteiger partial charge in [0.15, 0.2) is 0 Å². The van der Waals surface area contributed by atoms with Crippen molar-refractivity contribution >= 4 is 23.1 Å². The maximum Gasteiger partial charge on any atom is 0.277 e. The van der Waals surface area contributed by atoms with Crippen LogP contribution in [0, 0.1) is 13.8 Å². The SMILES string of the molecule is Cc1ccc(C2=C(Nc3cccc(C)c3)C(=O)N(C)C2=O)cc1. The molecular formula is C19H18N2O2. The summed E-state index contributed by atoms with van der Waals surface area (Å²) in [5.41, 5.74) is 4.46. The molecule has 0 radical (unpaired) electrons. The first-order valence-corrected chi connectivity index (χ1v) is 7.45. The van der Waals surface area contributed by atoms with Crippen LogP contribution in [0.2, 0.25) is 0 Å². The third kappa shape index (κ3) is 2.75. The number of aryl methyl sites for hydroxylation is 2. The number of likely N-dealkylation sites (N-methyl/N-ethyl adjacent to an activating group) is 1. The highest BCUT2D eigenvalue weighted by molar-refractivity contribution is 6.36. The van der Waals surface area contributed by atoms with Crippen LogP contribution in [0.1, 0.15) is 16.7 Å². The number of carbonyl (C=O) groups excluding carboxylic acids is 2. The van der Waals surface area contributed by atoms with Crippen molar-refractivity contribution in [3.63, 3.8) is 0 Å². The molecule has 1 N–H and O–H groups in total. The lowest BCUT2D eigenvalue weighted by molar-refractivity contribution is -0.135. The van der Waals surface area contributed by atoms with Gasteiger partial charge in [0.1, 0.15) is 5.70 Å². The second-order valence-corrected chi connectivity index (χ2v) is 5.78. The number of amides is 2. The second kappa shape index (κ2) is 5.72. The molecule has 0 aliphatic carbocycles. The fourth-order valence-corrected chi connectivity index (χ4v) is 2.61. The number of hydrogen-bond acceptors (Lipinski definition) is 3. The summed E-state index contributed by atoms with van der Waals surface area (Å²) in [6.07, 6.45) is 0. The molecule has 1 aliphatic rings. The highest BCUT2D eigenvalue weighted by atomic mass is 16.2. The van der Waals surface area contributed by atoms with Crippen molar-refractivity contribution in [3.05, 3.63) is 70.9 Å². The van der Waals surface area contributed by atoms with Gasteiger partial charge in [-0.2, -0.15) is 0 Å². The Hall–Kier alpha value is -2.88. The zero-order valence-corrected chi connectivity index (χ0v) is 13.4. The first-order valence-electron chi connectivity index (χ1n) is 7.45. The highest BCUT2D eigenvalue weighted by Crippen LogP contribution is 2.29. The third-order valence-electron chi connectivity index (χ3n) is 3.91. The maximum atomic E-state index is 12.5. The third-order valence-corrected chi connectivity index (χ3v) is 3.91. The van der Waals surface area contributed by atoms with Gasteiger partial charge < -0.3 is 5.32 Å². The Bertz CT molecular complexity index is 820. The summed E-state index contributed by atoms with van der Waals surface area (Å²) in [7, 11) is 1.50. The molecule has 0 saturated carbocycles. The Labute approximate surface area is 135 Å². The summed E-state index contributed by atoms with van der Waals surface area (Å²) >= 11 is 0. The van der Waals surface area contributed by atoms with Gasteiger partial charge in [-0.25, -0.2) is 0 Å². The largest absolute Gasteiger partial charge is 0.350 e. The quantitative estimate of drug-likeness (QED) is 0.886. The Morgan fingerprint density at radius 1 is 0.870 bits per heavy atom. The van der Waals surface area contributed by atoms with Gasteiger partial charge in [-0.3, -0.25) is 14.5 Å². The van der Waals surface area contributed by atoms with Crippen molar-refractivity contribution in [1.82, 2.24) is 4.90 Å². The van der Waals surface area contributed by atoms with Crippen molar-refractivity contribution in [3.8, 4) is 0 Å². The van der Waals surface area contributed by atoms with E-state index in [-0.39, 0.29) is 11.8 Å². The van der Waals surface area contributed by atoms with Crippen molar-refractivity contribution in [2.24, 2.45) is 0 Å². The Balaban J connectivity index is 2.08. The smallest absolute Gasteiger partial charge is 0.277 e. The summed E-state index contributed by atoms with van der Waals surface area (Å²) in [6.45, 7) is 3.96. The van der Waals surface area contributed by atoms with E-state index in [9.17, 15) is 9.59 Å². The summed E-state index contributed by atoms with van der Waals surface area (Å²) in [6, 6.07) is 15.3. The van der Waals surface area contributed by atoms with Crippen LogP contribution < -0.4 is 5.32 Å². The van der Waals surface area contributed by atoms with Crippen molar-refractivity contribution in [1.29, 1.82) is 0 Å². The molecule has 0 atom stereocenters. The molecule has 3 rings (SSSR count).